The van der Waals surface area contributed by atoms with Gasteiger partial charge in [0.1, 0.15) is 0 Å². The van der Waals surface area contributed by atoms with Crippen LogP contribution in [0.2, 0.25) is 0 Å². The lowest BCUT2D eigenvalue weighted by molar-refractivity contribution is 0.0783. The van der Waals surface area contributed by atoms with Gasteiger partial charge in [-0.3, -0.25) is 0 Å². The zero-order chi connectivity index (χ0) is 15.8. The molecule has 0 amide bonds. The van der Waals surface area contributed by atoms with Crippen molar-refractivity contribution in [3.8, 4) is 0 Å². The van der Waals surface area contributed by atoms with Crippen molar-refractivity contribution in [2.24, 2.45) is 4.99 Å². The van der Waals surface area contributed by atoms with E-state index < -0.39 is 0 Å². The van der Waals surface area contributed by atoms with E-state index >= 15 is 0 Å². The summed E-state index contributed by atoms with van der Waals surface area (Å²) >= 11 is 3.76. The molecule has 0 saturated carbocycles. The molecule has 1 aromatic heterocycles. The van der Waals surface area contributed by atoms with Crippen molar-refractivity contribution in [2.45, 2.75) is 38.0 Å². The molecule has 0 aliphatic carbocycles. The minimum Gasteiger partial charge on any atom is -0.381 e. The van der Waals surface area contributed by atoms with Gasteiger partial charge < -0.3 is 15.4 Å². The maximum absolute atomic E-state index is 5.50. The van der Waals surface area contributed by atoms with Crippen LogP contribution < -0.4 is 10.6 Å². The normalized spacial score (nSPS) is 18.2. The first-order valence-corrected chi connectivity index (χ1v) is 9.92. The summed E-state index contributed by atoms with van der Waals surface area (Å²) in [7, 11) is 0. The number of aliphatic imine (C=N–C) groups is 1. The lowest BCUT2D eigenvalue weighted by Crippen LogP contribution is -2.47. The number of ether oxygens (including phenoxy) is 1. The Morgan fingerprint density at radius 2 is 2.14 bits per heavy atom. The topological polar surface area (TPSA) is 45.7 Å². The van der Waals surface area contributed by atoms with Gasteiger partial charge in [-0.15, -0.1) is 11.3 Å². The van der Waals surface area contributed by atoms with Crippen molar-refractivity contribution in [1.29, 1.82) is 0 Å². The number of hydrogen-bond donors (Lipinski definition) is 2. The van der Waals surface area contributed by atoms with E-state index in [1.807, 2.05) is 23.1 Å². The molecule has 0 aromatic carbocycles. The molecule has 0 radical (unpaired) electrons. The van der Waals surface area contributed by atoms with Crippen LogP contribution in [-0.4, -0.2) is 43.3 Å². The second-order valence-corrected chi connectivity index (χ2v) is 8.21. The third-order valence-electron chi connectivity index (χ3n) is 3.95. The predicted octanol–water partition coefficient (Wildman–Crippen LogP) is 3.02. The molecule has 1 aliphatic rings. The Hall–Kier alpha value is -0.720. The number of nitrogens with one attached hydrogen (secondary N) is 2. The molecule has 2 N–H and O–H groups in total. The molecule has 1 saturated heterocycles. The van der Waals surface area contributed by atoms with E-state index in [0.717, 1.165) is 51.6 Å². The molecule has 1 fully saturated rings. The second kappa shape index (κ2) is 8.79. The van der Waals surface area contributed by atoms with Crippen molar-refractivity contribution in [3.05, 3.63) is 21.9 Å². The molecule has 0 unspecified atom stereocenters. The van der Waals surface area contributed by atoms with Crippen molar-refractivity contribution in [3.63, 3.8) is 0 Å². The van der Waals surface area contributed by atoms with Crippen LogP contribution in [-0.2, 0) is 11.3 Å². The highest BCUT2D eigenvalue weighted by atomic mass is 32.2. The molecular weight excluding hydrogens is 314 g/mol. The van der Waals surface area contributed by atoms with Crippen LogP contribution in [0.4, 0.5) is 0 Å². The van der Waals surface area contributed by atoms with E-state index in [-0.39, 0.29) is 4.75 Å². The monoisotopic (exact) mass is 341 g/mol. The van der Waals surface area contributed by atoms with Crippen LogP contribution in [0, 0.1) is 6.92 Å². The first-order valence-electron chi connectivity index (χ1n) is 7.88. The van der Waals surface area contributed by atoms with E-state index in [9.17, 15) is 0 Å². The smallest absolute Gasteiger partial charge is 0.191 e. The van der Waals surface area contributed by atoms with E-state index in [0.29, 0.717) is 0 Å². The lowest BCUT2D eigenvalue weighted by Gasteiger charge is -2.36. The fourth-order valence-electron chi connectivity index (χ4n) is 2.51. The highest BCUT2D eigenvalue weighted by Crippen LogP contribution is 2.32. The Labute approximate surface area is 142 Å². The van der Waals surface area contributed by atoms with Crippen molar-refractivity contribution in [1.82, 2.24) is 10.6 Å². The SMILES string of the molecule is CCNC(=NCc1ccc(C)s1)NCC1(SC)CCOCC1. The Morgan fingerprint density at radius 1 is 1.36 bits per heavy atom. The van der Waals surface area contributed by atoms with Crippen molar-refractivity contribution >= 4 is 29.1 Å². The summed E-state index contributed by atoms with van der Waals surface area (Å²) in [4.78, 5) is 7.36. The summed E-state index contributed by atoms with van der Waals surface area (Å²) in [5.41, 5.74) is 0. The summed E-state index contributed by atoms with van der Waals surface area (Å²) in [6.07, 6.45) is 4.40. The fourth-order valence-corrected chi connectivity index (χ4v) is 4.12. The average Bonchev–Trinajstić information content (AvgIpc) is 2.96. The van der Waals surface area contributed by atoms with E-state index in [1.165, 1.54) is 9.75 Å². The fraction of sp³-hybridized carbons (Fsp3) is 0.688. The van der Waals surface area contributed by atoms with Crippen LogP contribution in [0.5, 0.6) is 0 Å². The molecule has 6 heteroatoms. The van der Waals surface area contributed by atoms with Gasteiger partial charge in [-0.1, -0.05) is 0 Å². The van der Waals surface area contributed by atoms with E-state index in [1.54, 1.807) is 0 Å². The lowest BCUT2D eigenvalue weighted by atomic mass is 9.99. The first kappa shape index (κ1) is 17.6. The summed E-state index contributed by atoms with van der Waals surface area (Å²) in [5.74, 6) is 0.911. The standard InChI is InChI=1S/C16H27N3OS2/c1-4-17-15(18-11-14-6-5-13(2)22-14)19-12-16(21-3)7-9-20-10-8-16/h5-6H,4,7-12H2,1-3H3,(H2,17,18,19). The zero-order valence-corrected chi connectivity index (χ0v) is 15.4. The van der Waals surface area contributed by atoms with Gasteiger partial charge in [0.05, 0.1) is 6.54 Å². The quantitative estimate of drug-likeness (QED) is 0.617. The largest absolute Gasteiger partial charge is 0.381 e. The molecule has 4 nitrogen and oxygen atoms in total. The number of nitrogens with zero attached hydrogens (tertiary/aromatic N) is 1. The number of hydrogen-bond acceptors (Lipinski definition) is 4. The molecule has 1 aromatic rings. The van der Waals surface area contributed by atoms with Gasteiger partial charge in [0.15, 0.2) is 5.96 Å². The molecule has 0 spiro atoms. The predicted molar refractivity (Wildman–Crippen MR) is 98.2 cm³/mol. The van der Waals surface area contributed by atoms with Gasteiger partial charge in [0.2, 0.25) is 0 Å². The average molecular weight is 342 g/mol. The maximum Gasteiger partial charge on any atom is 0.191 e. The van der Waals surface area contributed by atoms with Gasteiger partial charge in [-0.05, 0) is 45.1 Å². The highest BCUT2D eigenvalue weighted by molar-refractivity contribution is 8.00. The van der Waals surface area contributed by atoms with Crippen LogP contribution in [0.15, 0.2) is 17.1 Å². The van der Waals surface area contributed by atoms with E-state index in [4.69, 9.17) is 9.73 Å². The Bertz CT molecular complexity index is 481. The molecular formula is C16H27N3OS2. The van der Waals surface area contributed by atoms with Gasteiger partial charge in [-0.2, -0.15) is 11.8 Å². The molecule has 2 heterocycles. The number of guanidine groups is 1. The van der Waals surface area contributed by atoms with Crippen molar-refractivity contribution < 1.29 is 4.74 Å². The number of thiophene rings is 1. The van der Waals surface area contributed by atoms with Crippen LogP contribution in [0.25, 0.3) is 0 Å². The van der Waals surface area contributed by atoms with Gasteiger partial charge in [0, 0.05) is 40.8 Å². The minimum atomic E-state index is 0.272. The molecule has 2 rings (SSSR count). The van der Waals surface area contributed by atoms with Crippen molar-refractivity contribution in [2.75, 3.05) is 32.6 Å². The molecule has 0 atom stereocenters. The highest BCUT2D eigenvalue weighted by Gasteiger charge is 2.31. The number of thioether (sulfide) groups is 1. The van der Waals surface area contributed by atoms with Crippen LogP contribution in [0.3, 0.4) is 0 Å². The molecule has 22 heavy (non-hydrogen) atoms. The summed E-state index contributed by atoms with van der Waals surface area (Å²) < 4.78 is 5.77. The maximum atomic E-state index is 5.50. The van der Waals surface area contributed by atoms with Crippen LogP contribution in [0.1, 0.15) is 29.5 Å². The zero-order valence-electron chi connectivity index (χ0n) is 13.8. The molecule has 0 bridgehead atoms. The molecule has 124 valence electrons. The molecule has 1 aliphatic heterocycles. The first-order chi connectivity index (χ1) is 10.7. The Kier molecular flexibility index (Phi) is 7.05. The third kappa shape index (κ3) is 5.18. The summed E-state index contributed by atoms with van der Waals surface area (Å²) in [6, 6.07) is 4.32. The summed E-state index contributed by atoms with van der Waals surface area (Å²) in [6.45, 7) is 8.52. The second-order valence-electron chi connectivity index (χ2n) is 5.56. The third-order valence-corrected chi connectivity index (χ3v) is 6.35. The van der Waals surface area contributed by atoms with Crippen LogP contribution >= 0.6 is 23.1 Å². The number of aryl methyl sites for hydroxylation is 1. The number of rotatable bonds is 6. The summed E-state index contributed by atoms with van der Waals surface area (Å²) in [5, 5.41) is 6.87. The van der Waals surface area contributed by atoms with Gasteiger partial charge in [-0.25, -0.2) is 4.99 Å². The Morgan fingerprint density at radius 3 is 2.73 bits per heavy atom. The Balaban J connectivity index is 1.92. The van der Waals surface area contributed by atoms with E-state index in [2.05, 4.69) is 42.9 Å². The van der Waals surface area contributed by atoms with Gasteiger partial charge in [0.25, 0.3) is 0 Å². The van der Waals surface area contributed by atoms with Gasteiger partial charge >= 0.3 is 0 Å². The minimum absolute atomic E-state index is 0.272.